The first-order chi connectivity index (χ1) is 15.2. The molecule has 7 nitrogen and oxygen atoms in total. The van der Waals surface area contributed by atoms with Gasteiger partial charge in [0.2, 0.25) is 5.91 Å². The summed E-state index contributed by atoms with van der Waals surface area (Å²) in [5.41, 5.74) is 0.921. The van der Waals surface area contributed by atoms with Crippen LogP contribution in [0.2, 0.25) is 5.02 Å². The van der Waals surface area contributed by atoms with Crippen molar-refractivity contribution in [2.75, 3.05) is 25.5 Å². The highest BCUT2D eigenvalue weighted by molar-refractivity contribution is 6.33. The molecule has 1 N–H and O–H groups in total. The summed E-state index contributed by atoms with van der Waals surface area (Å²) in [7, 11) is 1.78. The monoisotopic (exact) mass is 463 g/mol. The van der Waals surface area contributed by atoms with E-state index in [0.29, 0.717) is 41.9 Å². The summed E-state index contributed by atoms with van der Waals surface area (Å²) < 4.78 is 27.8. The number of fused-ring (bicyclic) bond motifs is 1. The van der Waals surface area contributed by atoms with Crippen LogP contribution in [0.1, 0.15) is 29.2 Å². The third-order valence-corrected chi connectivity index (χ3v) is 6.21. The topological polar surface area (TPSA) is 70.5 Å². The Morgan fingerprint density at radius 1 is 1.31 bits per heavy atom. The lowest BCUT2D eigenvalue weighted by atomic mass is 9.87. The van der Waals surface area contributed by atoms with Gasteiger partial charge in [0.15, 0.2) is 0 Å². The Labute approximate surface area is 189 Å². The van der Waals surface area contributed by atoms with Gasteiger partial charge in [0.05, 0.1) is 23.5 Å². The van der Waals surface area contributed by atoms with Gasteiger partial charge >= 0.3 is 0 Å². The number of alkyl halides is 2. The molecule has 1 aromatic carbocycles. The van der Waals surface area contributed by atoms with Crippen molar-refractivity contribution in [3.63, 3.8) is 0 Å². The van der Waals surface area contributed by atoms with Crippen molar-refractivity contribution in [3.05, 3.63) is 59.2 Å². The summed E-state index contributed by atoms with van der Waals surface area (Å²) in [6.45, 7) is 1.59. The Hall–Kier alpha value is -2.78. The average Bonchev–Trinajstić information content (AvgIpc) is 3.16. The molecule has 2 heterocycles. The summed E-state index contributed by atoms with van der Waals surface area (Å²) >= 11 is 6.11. The Balaban J connectivity index is 1.32. The minimum Gasteiger partial charge on any atom is -0.330 e. The molecule has 1 aliphatic heterocycles. The normalized spacial score (nSPS) is 18.0. The van der Waals surface area contributed by atoms with Crippen molar-refractivity contribution in [1.82, 2.24) is 19.4 Å². The zero-order valence-corrected chi connectivity index (χ0v) is 18.4. The van der Waals surface area contributed by atoms with Crippen LogP contribution in [0.5, 0.6) is 0 Å². The van der Waals surface area contributed by atoms with Crippen molar-refractivity contribution in [1.29, 1.82) is 0 Å². The predicted molar refractivity (Wildman–Crippen MR) is 117 cm³/mol. The van der Waals surface area contributed by atoms with Crippen molar-refractivity contribution in [3.8, 4) is 0 Å². The minimum atomic E-state index is -2.56. The van der Waals surface area contributed by atoms with Gasteiger partial charge in [0.1, 0.15) is 11.5 Å². The number of carbonyl (C=O) groups is 2. The zero-order chi connectivity index (χ0) is 22.9. The SMILES string of the molecule is CN(C/C=C/C(=O)N1CCn2c(C(=O)Nc3ccccc3Cl)cnc2C1)C1CC(F)(F)C1. The quantitative estimate of drug-likeness (QED) is 0.666. The van der Waals surface area contributed by atoms with Gasteiger partial charge in [-0.05, 0) is 19.2 Å². The molecule has 0 unspecified atom stereocenters. The van der Waals surface area contributed by atoms with Gasteiger partial charge in [0, 0.05) is 44.6 Å². The first-order valence-corrected chi connectivity index (χ1v) is 10.7. The fraction of sp³-hybridized carbons (Fsp3) is 0.409. The lowest BCUT2D eigenvalue weighted by molar-refractivity contribution is -0.127. The molecule has 10 heteroatoms. The van der Waals surface area contributed by atoms with Gasteiger partial charge in [-0.25, -0.2) is 13.8 Å². The number of para-hydroxylation sites is 1. The molecule has 2 aliphatic rings. The number of rotatable bonds is 6. The highest BCUT2D eigenvalue weighted by Crippen LogP contribution is 2.39. The van der Waals surface area contributed by atoms with Gasteiger partial charge in [-0.15, -0.1) is 0 Å². The van der Waals surface area contributed by atoms with Crippen LogP contribution in [-0.2, 0) is 17.9 Å². The molecule has 1 aliphatic carbocycles. The number of likely N-dealkylation sites (N-methyl/N-ethyl adjacent to an activating group) is 1. The highest BCUT2D eigenvalue weighted by Gasteiger charge is 2.46. The van der Waals surface area contributed by atoms with Crippen molar-refractivity contribution >= 4 is 29.1 Å². The number of anilines is 1. The van der Waals surface area contributed by atoms with E-state index in [2.05, 4.69) is 10.3 Å². The number of nitrogens with one attached hydrogen (secondary N) is 1. The summed E-state index contributed by atoms with van der Waals surface area (Å²) in [6, 6.07) is 6.82. The number of carbonyl (C=O) groups excluding carboxylic acids is 2. The maximum absolute atomic E-state index is 13.0. The molecule has 32 heavy (non-hydrogen) atoms. The molecule has 0 atom stereocenters. The first kappa shape index (κ1) is 22.4. The first-order valence-electron chi connectivity index (χ1n) is 10.4. The Morgan fingerprint density at radius 3 is 2.78 bits per heavy atom. The van der Waals surface area contributed by atoms with Gasteiger partial charge < -0.3 is 14.8 Å². The van der Waals surface area contributed by atoms with Crippen LogP contribution >= 0.6 is 11.6 Å². The van der Waals surface area contributed by atoms with Crippen LogP contribution in [0.15, 0.2) is 42.6 Å². The summed E-state index contributed by atoms with van der Waals surface area (Å²) in [5, 5.41) is 3.23. The second-order valence-corrected chi connectivity index (χ2v) is 8.57. The van der Waals surface area contributed by atoms with E-state index in [1.54, 1.807) is 46.9 Å². The molecule has 1 aromatic heterocycles. The Morgan fingerprint density at radius 2 is 2.06 bits per heavy atom. The molecule has 170 valence electrons. The van der Waals surface area contributed by atoms with E-state index in [-0.39, 0.29) is 37.2 Å². The molecule has 0 radical (unpaired) electrons. The summed E-state index contributed by atoms with van der Waals surface area (Å²) in [4.78, 5) is 33.0. The fourth-order valence-electron chi connectivity index (χ4n) is 3.89. The number of aromatic nitrogens is 2. The van der Waals surface area contributed by atoms with Crippen LogP contribution in [0.25, 0.3) is 0 Å². The smallest absolute Gasteiger partial charge is 0.273 e. The molecular formula is C22H24ClF2N5O2. The van der Waals surface area contributed by atoms with Crippen LogP contribution in [0.4, 0.5) is 14.5 Å². The van der Waals surface area contributed by atoms with E-state index >= 15 is 0 Å². The van der Waals surface area contributed by atoms with Crippen LogP contribution in [0, 0.1) is 0 Å². The van der Waals surface area contributed by atoms with Gasteiger partial charge in [-0.3, -0.25) is 14.5 Å². The van der Waals surface area contributed by atoms with Crippen molar-refractivity contribution in [2.24, 2.45) is 0 Å². The van der Waals surface area contributed by atoms with Crippen molar-refractivity contribution < 1.29 is 18.4 Å². The number of hydrogen-bond acceptors (Lipinski definition) is 4. The van der Waals surface area contributed by atoms with E-state index in [1.165, 1.54) is 12.3 Å². The second-order valence-electron chi connectivity index (χ2n) is 8.17. The standard InChI is InChI=1S/C22H24ClF2N5O2/c1-28(15-11-22(24,25)12-15)8-4-7-20(31)29-9-10-30-18(13-26-19(30)14-29)21(32)27-17-6-3-2-5-16(17)23/h2-7,13,15H,8-12,14H2,1H3,(H,27,32)/b7-4+. The summed E-state index contributed by atoms with van der Waals surface area (Å²) in [6.07, 6.45) is 4.40. The maximum atomic E-state index is 13.0. The van der Waals surface area contributed by atoms with Gasteiger partial charge in [-0.1, -0.05) is 29.8 Å². The highest BCUT2D eigenvalue weighted by atomic mass is 35.5. The van der Waals surface area contributed by atoms with Gasteiger partial charge in [0.25, 0.3) is 11.8 Å². The number of amides is 2. The molecule has 2 aromatic rings. The molecule has 4 rings (SSSR count). The van der Waals surface area contributed by atoms with Gasteiger partial charge in [-0.2, -0.15) is 0 Å². The molecule has 0 bridgehead atoms. The predicted octanol–water partition coefficient (Wildman–Crippen LogP) is 3.42. The third kappa shape index (κ3) is 4.83. The van der Waals surface area contributed by atoms with Crippen LogP contribution in [-0.4, -0.2) is 63.3 Å². The number of nitrogens with zero attached hydrogens (tertiary/aromatic N) is 4. The minimum absolute atomic E-state index is 0.132. The molecule has 1 saturated carbocycles. The van der Waals surface area contributed by atoms with Crippen LogP contribution in [0.3, 0.4) is 0 Å². The average molecular weight is 464 g/mol. The lowest BCUT2D eigenvalue weighted by Gasteiger charge is -2.40. The van der Waals surface area contributed by atoms with E-state index in [1.807, 2.05) is 4.90 Å². The van der Waals surface area contributed by atoms with E-state index in [4.69, 9.17) is 11.6 Å². The molecule has 1 fully saturated rings. The van der Waals surface area contributed by atoms with E-state index in [9.17, 15) is 18.4 Å². The Kier molecular flexibility index (Phi) is 6.30. The maximum Gasteiger partial charge on any atom is 0.273 e. The molecule has 0 saturated heterocycles. The second kappa shape index (κ2) is 8.99. The fourth-order valence-corrected chi connectivity index (χ4v) is 4.08. The molecule has 2 amide bonds. The van der Waals surface area contributed by atoms with Crippen LogP contribution < -0.4 is 5.32 Å². The van der Waals surface area contributed by atoms with E-state index < -0.39 is 5.92 Å². The largest absolute Gasteiger partial charge is 0.330 e. The van der Waals surface area contributed by atoms with E-state index in [0.717, 1.165) is 0 Å². The lowest BCUT2D eigenvalue weighted by Crippen LogP contribution is -2.49. The van der Waals surface area contributed by atoms with Crippen molar-refractivity contribution in [2.45, 2.75) is 37.9 Å². The number of halogens is 3. The number of imidazole rings is 1. The molecular weight excluding hydrogens is 440 g/mol. The Bertz CT molecular complexity index is 1050. The summed E-state index contributed by atoms with van der Waals surface area (Å²) in [5.74, 6) is -2.43. The molecule has 0 spiro atoms. The third-order valence-electron chi connectivity index (χ3n) is 5.88. The number of hydrogen-bond donors (Lipinski definition) is 1. The zero-order valence-electron chi connectivity index (χ0n) is 17.6. The number of benzene rings is 1.